The van der Waals surface area contributed by atoms with Crippen molar-refractivity contribution in [1.82, 2.24) is 25.9 Å². The molecule has 1 aromatic heterocycles. The molecule has 2 rings (SSSR count). The Hall–Kier alpha value is -1.46. The van der Waals surface area contributed by atoms with E-state index in [0.717, 1.165) is 0 Å². The van der Waals surface area contributed by atoms with E-state index in [4.69, 9.17) is 0 Å². The first kappa shape index (κ1) is 10.1. The lowest BCUT2D eigenvalue weighted by atomic mass is 9.98. The largest absolute Gasteiger partial charge is 0.349 e. The average molecular weight is 209 g/mol. The number of tetrazole rings is 1. The van der Waals surface area contributed by atoms with Crippen LogP contribution in [0.5, 0.6) is 0 Å². The number of hydrogen-bond acceptors (Lipinski definition) is 4. The molecule has 1 fully saturated rings. The first-order valence-electron chi connectivity index (χ1n) is 5.29. The molecule has 0 saturated heterocycles. The van der Waals surface area contributed by atoms with E-state index in [0.29, 0.717) is 18.4 Å². The SMILES string of the molecule is CC1CCCC1CNC(=O)c1nn[nH]n1. The first-order valence-corrected chi connectivity index (χ1v) is 5.29. The minimum atomic E-state index is -0.247. The van der Waals surface area contributed by atoms with E-state index in [1.807, 2.05) is 0 Å². The molecule has 6 nitrogen and oxygen atoms in total. The summed E-state index contributed by atoms with van der Waals surface area (Å²) in [5, 5.41) is 15.7. The van der Waals surface area contributed by atoms with Gasteiger partial charge in [-0.25, -0.2) is 0 Å². The summed E-state index contributed by atoms with van der Waals surface area (Å²) in [6.07, 6.45) is 3.74. The molecule has 1 amide bonds. The van der Waals surface area contributed by atoms with Gasteiger partial charge in [-0.1, -0.05) is 19.8 Å². The molecule has 82 valence electrons. The maximum atomic E-state index is 11.5. The molecule has 0 aliphatic heterocycles. The highest BCUT2D eigenvalue weighted by atomic mass is 16.2. The number of aromatic amines is 1. The molecular formula is C9H15N5O. The van der Waals surface area contributed by atoms with Crippen LogP contribution in [0.4, 0.5) is 0 Å². The van der Waals surface area contributed by atoms with Gasteiger partial charge in [-0.05, 0) is 23.5 Å². The van der Waals surface area contributed by atoms with Crippen molar-refractivity contribution in [3.63, 3.8) is 0 Å². The highest BCUT2D eigenvalue weighted by molar-refractivity contribution is 5.89. The summed E-state index contributed by atoms with van der Waals surface area (Å²) in [7, 11) is 0. The molecule has 2 N–H and O–H groups in total. The second-order valence-electron chi connectivity index (χ2n) is 4.11. The molecule has 15 heavy (non-hydrogen) atoms. The number of nitrogens with one attached hydrogen (secondary N) is 2. The standard InChI is InChI=1S/C9H15N5O/c1-6-3-2-4-7(6)5-10-9(15)8-11-13-14-12-8/h6-7H,2-5H2,1H3,(H,10,15)(H,11,12,13,14). The van der Waals surface area contributed by atoms with Crippen LogP contribution in [-0.4, -0.2) is 33.1 Å². The Balaban J connectivity index is 1.81. The number of nitrogens with zero attached hydrogens (tertiary/aromatic N) is 3. The molecule has 2 unspecified atom stereocenters. The van der Waals surface area contributed by atoms with Crippen LogP contribution in [0, 0.1) is 11.8 Å². The fourth-order valence-corrected chi connectivity index (χ4v) is 2.09. The van der Waals surface area contributed by atoms with Gasteiger partial charge in [-0.2, -0.15) is 5.21 Å². The van der Waals surface area contributed by atoms with Crippen LogP contribution in [0.25, 0.3) is 0 Å². The smallest absolute Gasteiger partial charge is 0.292 e. The van der Waals surface area contributed by atoms with Crippen LogP contribution in [-0.2, 0) is 0 Å². The Bertz CT molecular complexity index is 323. The summed E-state index contributed by atoms with van der Waals surface area (Å²) < 4.78 is 0. The monoisotopic (exact) mass is 209 g/mol. The zero-order valence-corrected chi connectivity index (χ0v) is 8.73. The predicted molar refractivity (Wildman–Crippen MR) is 53.0 cm³/mol. The molecule has 1 aliphatic rings. The first-order chi connectivity index (χ1) is 7.27. The van der Waals surface area contributed by atoms with Crippen molar-refractivity contribution < 1.29 is 4.79 Å². The number of amides is 1. The molecule has 0 radical (unpaired) electrons. The summed E-state index contributed by atoms with van der Waals surface area (Å²) in [6, 6.07) is 0. The van der Waals surface area contributed by atoms with Gasteiger partial charge in [0.15, 0.2) is 0 Å². The molecule has 1 saturated carbocycles. The van der Waals surface area contributed by atoms with Crippen LogP contribution < -0.4 is 5.32 Å². The lowest BCUT2D eigenvalue weighted by Crippen LogP contribution is -2.31. The van der Waals surface area contributed by atoms with Crippen LogP contribution in [0.2, 0.25) is 0 Å². The van der Waals surface area contributed by atoms with Crippen molar-refractivity contribution in [3.05, 3.63) is 5.82 Å². The Morgan fingerprint density at radius 2 is 2.47 bits per heavy atom. The molecule has 0 aromatic carbocycles. The topological polar surface area (TPSA) is 83.6 Å². The van der Waals surface area contributed by atoms with Gasteiger partial charge >= 0.3 is 0 Å². The van der Waals surface area contributed by atoms with Gasteiger partial charge in [0.1, 0.15) is 0 Å². The van der Waals surface area contributed by atoms with Crippen LogP contribution in [0.1, 0.15) is 36.8 Å². The Kier molecular flexibility index (Phi) is 2.94. The minimum absolute atomic E-state index is 0.112. The number of hydrogen-bond donors (Lipinski definition) is 2. The van der Waals surface area contributed by atoms with Gasteiger partial charge in [0.05, 0.1) is 0 Å². The molecule has 2 atom stereocenters. The third-order valence-corrected chi connectivity index (χ3v) is 3.11. The number of H-pyrrole nitrogens is 1. The molecule has 1 aliphatic carbocycles. The molecular weight excluding hydrogens is 194 g/mol. The number of carbonyl (C=O) groups is 1. The van der Waals surface area contributed by atoms with Gasteiger partial charge in [-0.15, -0.1) is 10.2 Å². The third kappa shape index (κ3) is 2.31. The van der Waals surface area contributed by atoms with E-state index in [1.165, 1.54) is 19.3 Å². The molecule has 6 heteroatoms. The second-order valence-corrected chi connectivity index (χ2v) is 4.11. The van der Waals surface area contributed by atoms with Gasteiger partial charge in [0.2, 0.25) is 0 Å². The van der Waals surface area contributed by atoms with E-state index >= 15 is 0 Å². The Labute approximate surface area is 87.8 Å². The molecule has 1 heterocycles. The Morgan fingerprint density at radius 3 is 3.07 bits per heavy atom. The van der Waals surface area contributed by atoms with Gasteiger partial charge in [-0.3, -0.25) is 4.79 Å². The number of rotatable bonds is 3. The van der Waals surface area contributed by atoms with Crippen LogP contribution >= 0.6 is 0 Å². The average Bonchev–Trinajstić information content (AvgIpc) is 2.85. The van der Waals surface area contributed by atoms with E-state index in [2.05, 4.69) is 32.9 Å². The maximum absolute atomic E-state index is 11.5. The summed E-state index contributed by atoms with van der Waals surface area (Å²) in [4.78, 5) is 11.5. The summed E-state index contributed by atoms with van der Waals surface area (Å²) >= 11 is 0. The zero-order chi connectivity index (χ0) is 10.7. The van der Waals surface area contributed by atoms with Gasteiger partial charge < -0.3 is 5.32 Å². The van der Waals surface area contributed by atoms with Crippen LogP contribution in [0.15, 0.2) is 0 Å². The van der Waals surface area contributed by atoms with Crippen molar-refractivity contribution in [2.45, 2.75) is 26.2 Å². The van der Waals surface area contributed by atoms with Crippen molar-refractivity contribution in [3.8, 4) is 0 Å². The summed E-state index contributed by atoms with van der Waals surface area (Å²) in [5.41, 5.74) is 0. The normalized spacial score (nSPS) is 25.4. The highest BCUT2D eigenvalue weighted by Crippen LogP contribution is 2.30. The second kappa shape index (κ2) is 4.37. The lowest BCUT2D eigenvalue weighted by Gasteiger charge is -2.14. The molecule has 0 spiro atoms. The summed E-state index contributed by atoms with van der Waals surface area (Å²) in [5.74, 6) is 1.17. The fraction of sp³-hybridized carbons (Fsp3) is 0.778. The minimum Gasteiger partial charge on any atom is -0.349 e. The highest BCUT2D eigenvalue weighted by Gasteiger charge is 2.24. The van der Waals surface area contributed by atoms with Crippen molar-refractivity contribution in [2.75, 3.05) is 6.54 Å². The van der Waals surface area contributed by atoms with Crippen LogP contribution in [0.3, 0.4) is 0 Å². The third-order valence-electron chi connectivity index (χ3n) is 3.11. The lowest BCUT2D eigenvalue weighted by molar-refractivity contribution is 0.0934. The van der Waals surface area contributed by atoms with Crippen molar-refractivity contribution >= 4 is 5.91 Å². The predicted octanol–water partition coefficient (Wildman–Crippen LogP) is 0.366. The van der Waals surface area contributed by atoms with E-state index in [1.54, 1.807) is 0 Å². The molecule has 0 bridgehead atoms. The van der Waals surface area contributed by atoms with E-state index in [9.17, 15) is 4.79 Å². The maximum Gasteiger partial charge on any atom is 0.292 e. The number of aromatic nitrogens is 4. The van der Waals surface area contributed by atoms with E-state index < -0.39 is 0 Å². The van der Waals surface area contributed by atoms with Crippen molar-refractivity contribution in [2.24, 2.45) is 11.8 Å². The van der Waals surface area contributed by atoms with Crippen molar-refractivity contribution in [1.29, 1.82) is 0 Å². The Morgan fingerprint density at radius 1 is 1.60 bits per heavy atom. The van der Waals surface area contributed by atoms with Gasteiger partial charge in [0, 0.05) is 6.54 Å². The number of carbonyl (C=O) groups excluding carboxylic acids is 1. The fourth-order valence-electron chi connectivity index (χ4n) is 2.09. The summed E-state index contributed by atoms with van der Waals surface area (Å²) in [6.45, 7) is 2.95. The zero-order valence-electron chi connectivity index (χ0n) is 8.73. The van der Waals surface area contributed by atoms with E-state index in [-0.39, 0.29) is 11.7 Å². The quantitative estimate of drug-likeness (QED) is 0.753. The van der Waals surface area contributed by atoms with Gasteiger partial charge in [0.25, 0.3) is 11.7 Å². The molecule has 1 aromatic rings.